The number of halogens is 1. The summed E-state index contributed by atoms with van der Waals surface area (Å²) in [4.78, 5) is 27.5. The second-order valence-electron chi connectivity index (χ2n) is 7.07. The maximum atomic E-state index is 13.5. The third-order valence-corrected chi connectivity index (χ3v) is 5.37. The largest absolute Gasteiger partial charge is 0.359 e. The number of fused-ring (bicyclic) bond motifs is 1. The highest BCUT2D eigenvalue weighted by Crippen LogP contribution is 2.40. The zero-order valence-electron chi connectivity index (χ0n) is 16.2. The minimum absolute atomic E-state index is 0.275. The summed E-state index contributed by atoms with van der Waals surface area (Å²) in [6.07, 6.45) is 0. The fourth-order valence-corrected chi connectivity index (χ4v) is 3.70. The van der Waals surface area contributed by atoms with Gasteiger partial charge in [-0.05, 0) is 42.8 Å². The van der Waals surface area contributed by atoms with Crippen molar-refractivity contribution in [2.75, 3.05) is 10.2 Å². The topological polar surface area (TPSA) is 81.7 Å². The third-order valence-electron chi connectivity index (χ3n) is 5.12. The van der Waals surface area contributed by atoms with Crippen molar-refractivity contribution in [3.63, 3.8) is 0 Å². The minimum Gasteiger partial charge on any atom is -0.359 e. The Hall–Kier alpha value is -3.35. The molecule has 0 saturated heterocycles. The average Bonchev–Trinajstić information content (AvgIpc) is 2.75. The lowest BCUT2D eigenvalue weighted by molar-refractivity contribution is -0.141. The van der Waals surface area contributed by atoms with Crippen LogP contribution in [0.3, 0.4) is 0 Å². The van der Waals surface area contributed by atoms with Gasteiger partial charge in [-0.3, -0.25) is 9.69 Å². The van der Waals surface area contributed by atoms with Crippen LogP contribution in [0.4, 0.5) is 16.2 Å². The zero-order valence-corrected chi connectivity index (χ0v) is 16.9. The molecule has 0 bridgehead atoms. The normalized spacial score (nSPS) is 18.9. The summed E-state index contributed by atoms with van der Waals surface area (Å²) in [5.41, 5.74) is -0.400. The Kier molecular flexibility index (Phi) is 5.20. The van der Waals surface area contributed by atoms with Gasteiger partial charge in [0.05, 0.1) is 11.7 Å². The van der Waals surface area contributed by atoms with Crippen LogP contribution in [0.2, 0.25) is 5.02 Å². The lowest BCUT2D eigenvalue weighted by Gasteiger charge is -2.43. The van der Waals surface area contributed by atoms with Crippen LogP contribution in [0.25, 0.3) is 0 Å². The standard InChI is InChI=1S/C23H20ClN3O3/c1-15(16-7-3-2-4-8-16)25-21(28)23(30)19-9-5-6-10-20(19)26-22(29)27(23)18-13-11-17(24)12-14-18/h2-15,30H,1H3,(H,25,28)(H,26,29)/t15-,23-/m1/s1. The fourth-order valence-electron chi connectivity index (χ4n) is 3.58. The van der Waals surface area contributed by atoms with E-state index in [1.165, 1.54) is 0 Å². The van der Waals surface area contributed by atoms with E-state index in [0.717, 1.165) is 10.5 Å². The molecule has 152 valence electrons. The van der Waals surface area contributed by atoms with Gasteiger partial charge in [0.2, 0.25) is 0 Å². The van der Waals surface area contributed by atoms with Crippen LogP contribution < -0.4 is 15.5 Å². The van der Waals surface area contributed by atoms with Gasteiger partial charge in [0.1, 0.15) is 0 Å². The number of anilines is 2. The van der Waals surface area contributed by atoms with Crippen molar-refractivity contribution in [3.8, 4) is 0 Å². The first-order chi connectivity index (χ1) is 14.4. The van der Waals surface area contributed by atoms with E-state index in [2.05, 4.69) is 10.6 Å². The Balaban J connectivity index is 1.79. The molecule has 1 aliphatic rings. The highest BCUT2D eigenvalue weighted by atomic mass is 35.5. The first-order valence-corrected chi connectivity index (χ1v) is 9.83. The maximum absolute atomic E-state index is 13.5. The van der Waals surface area contributed by atoms with Gasteiger partial charge in [0.15, 0.2) is 0 Å². The number of amides is 3. The van der Waals surface area contributed by atoms with Crippen molar-refractivity contribution in [1.82, 2.24) is 5.32 Å². The van der Waals surface area contributed by atoms with Crippen LogP contribution in [0.5, 0.6) is 0 Å². The van der Waals surface area contributed by atoms with Crippen molar-refractivity contribution < 1.29 is 14.7 Å². The predicted molar refractivity (Wildman–Crippen MR) is 116 cm³/mol. The number of urea groups is 1. The second-order valence-corrected chi connectivity index (χ2v) is 7.50. The van der Waals surface area contributed by atoms with Crippen molar-refractivity contribution in [2.24, 2.45) is 0 Å². The molecule has 3 aromatic rings. The molecule has 0 fully saturated rings. The van der Waals surface area contributed by atoms with Crippen LogP contribution in [0, 0.1) is 0 Å². The summed E-state index contributed by atoms with van der Waals surface area (Å²) in [5, 5.41) is 17.8. The van der Waals surface area contributed by atoms with Crippen LogP contribution in [0.1, 0.15) is 24.1 Å². The van der Waals surface area contributed by atoms with Crippen LogP contribution in [-0.4, -0.2) is 17.0 Å². The van der Waals surface area contributed by atoms with Crippen molar-refractivity contribution in [1.29, 1.82) is 0 Å². The van der Waals surface area contributed by atoms with E-state index in [4.69, 9.17) is 11.6 Å². The molecule has 7 heteroatoms. The molecule has 1 aliphatic heterocycles. The molecule has 0 spiro atoms. The number of nitrogens with zero attached hydrogens (tertiary/aromatic N) is 1. The number of carbonyl (C=O) groups excluding carboxylic acids is 2. The van der Waals surface area contributed by atoms with Gasteiger partial charge in [0, 0.05) is 16.3 Å². The van der Waals surface area contributed by atoms with Gasteiger partial charge >= 0.3 is 6.03 Å². The molecule has 6 nitrogen and oxygen atoms in total. The molecule has 3 amide bonds. The molecule has 0 unspecified atom stereocenters. The first kappa shape index (κ1) is 19.9. The first-order valence-electron chi connectivity index (χ1n) is 9.46. The summed E-state index contributed by atoms with van der Waals surface area (Å²) in [5.74, 6) is -0.712. The lowest BCUT2D eigenvalue weighted by atomic mass is 9.94. The average molecular weight is 422 g/mol. The number of hydrogen-bond acceptors (Lipinski definition) is 3. The van der Waals surface area contributed by atoms with E-state index in [-0.39, 0.29) is 11.6 Å². The number of aliphatic hydroxyl groups is 1. The molecule has 0 aromatic heterocycles. The Morgan fingerprint density at radius 2 is 1.67 bits per heavy atom. The number of hydrogen-bond donors (Lipinski definition) is 3. The quantitative estimate of drug-likeness (QED) is 0.583. The number of benzene rings is 3. The maximum Gasteiger partial charge on any atom is 0.329 e. The molecular weight excluding hydrogens is 402 g/mol. The van der Waals surface area contributed by atoms with Gasteiger partial charge in [-0.2, -0.15) is 0 Å². The Labute approximate surface area is 179 Å². The van der Waals surface area contributed by atoms with E-state index in [9.17, 15) is 14.7 Å². The fraction of sp³-hybridized carbons (Fsp3) is 0.130. The number of rotatable bonds is 4. The highest BCUT2D eigenvalue weighted by molar-refractivity contribution is 6.30. The molecule has 3 N–H and O–H groups in total. The molecule has 2 atom stereocenters. The molecular formula is C23H20ClN3O3. The predicted octanol–water partition coefficient (Wildman–Crippen LogP) is 4.41. The monoisotopic (exact) mass is 421 g/mol. The number of nitrogens with one attached hydrogen (secondary N) is 2. The molecule has 0 radical (unpaired) electrons. The number of para-hydroxylation sites is 1. The van der Waals surface area contributed by atoms with Crippen molar-refractivity contribution in [2.45, 2.75) is 18.7 Å². The summed E-state index contributed by atoms with van der Waals surface area (Å²) in [6, 6.07) is 21.4. The molecule has 4 rings (SSSR count). The molecule has 1 heterocycles. The van der Waals surface area contributed by atoms with E-state index in [0.29, 0.717) is 16.4 Å². The minimum atomic E-state index is -2.25. The lowest BCUT2D eigenvalue weighted by Crippen LogP contribution is -2.62. The van der Waals surface area contributed by atoms with Gasteiger partial charge in [0.25, 0.3) is 11.6 Å². The number of carbonyl (C=O) groups is 2. The van der Waals surface area contributed by atoms with Gasteiger partial charge in [-0.25, -0.2) is 4.79 Å². The van der Waals surface area contributed by atoms with Gasteiger partial charge in [-0.15, -0.1) is 0 Å². The highest BCUT2D eigenvalue weighted by Gasteiger charge is 2.52. The molecule has 0 saturated carbocycles. The molecule has 0 aliphatic carbocycles. The van der Waals surface area contributed by atoms with Crippen LogP contribution >= 0.6 is 11.6 Å². The van der Waals surface area contributed by atoms with E-state index < -0.39 is 17.7 Å². The second kappa shape index (κ2) is 7.82. The molecule has 30 heavy (non-hydrogen) atoms. The summed E-state index contributed by atoms with van der Waals surface area (Å²) in [6.45, 7) is 1.82. The zero-order chi connectivity index (χ0) is 21.3. The van der Waals surface area contributed by atoms with Crippen LogP contribution in [0.15, 0.2) is 78.9 Å². The smallest absolute Gasteiger partial charge is 0.329 e. The van der Waals surface area contributed by atoms with Crippen molar-refractivity contribution in [3.05, 3.63) is 95.0 Å². The summed E-state index contributed by atoms with van der Waals surface area (Å²) < 4.78 is 0. The Morgan fingerprint density at radius 3 is 2.37 bits per heavy atom. The third kappa shape index (κ3) is 3.40. The molecule has 3 aromatic carbocycles. The van der Waals surface area contributed by atoms with E-state index >= 15 is 0 Å². The Bertz CT molecular complexity index is 1090. The van der Waals surface area contributed by atoms with Crippen molar-refractivity contribution >= 4 is 34.9 Å². The summed E-state index contributed by atoms with van der Waals surface area (Å²) in [7, 11) is 0. The van der Waals surface area contributed by atoms with E-state index in [1.807, 2.05) is 37.3 Å². The van der Waals surface area contributed by atoms with Gasteiger partial charge in [-0.1, -0.05) is 60.1 Å². The SMILES string of the molecule is C[C@@H](NC(=O)[C@]1(O)c2ccccc2NC(=O)N1c1ccc(Cl)cc1)c1ccccc1. The summed E-state index contributed by atoms with van der Waals surface area (Å²) >= 11 is 5.98. The van der Waals surface area contributed by atoms with Gasteiger partial charge < -0.3 is 15.7 Å². The van der Waals surface area contributed by atoms with E-state index in [1.54, 1.807) is 48.5 Å². The Morgan fingerprint density at radius 1 is 1.03 bits per heavy atom. The van der Waals surface area contributed by atoms with Crippen LogP contribution in [-0.2, 0) is 10.5 Å².